The molecular weight excluding hydrogens is 227 g/mol. The summed E-state index contributed by atoms with van der Waals surface area (Å²) in [6.07, 6.45) is 1.30. The first-order valence-electron chi connectivity index (χ1n) is 4.77. The maximum absolute atomic E-state index is 12.7. The number of rotatable bonds is 3. The number of ether oxygens (including phenoxy) is 2. The molecule has 0 saturated heterocycles. The molecule has 1 aromatic carbocycles. The van der Waals surface area contributed by atoms with Crippen molar-refractivity contribution in [2.75, 3.05) is 7.11 Å². The van der Waals surface area contributed by atoms with Crippen LogP contribution in [0.25, 0.3) is 6.08 Å². The number of benzene rings is 1. The molecule has 0 atom stereocenters. The topological polar surface area (TPSA) is 52.6 Å². The summed E-state index contributed by atoms with van der Waals surface area (Å²) in [4.78, 5) is 22.1. The minimum absolute atomic E-state index is 0.244. The quantitative estimate of drug-likeness (QED) is 0.458. The van der Waals surface area contributed by atoms with Crippen molar-refractivity contribution >= 4 is 18.0 Å². The number of methoxy groups -OCH3 is 1. The first-order chi connectivity index (χ1) is 8.02. The largest absolute Gasteiger partial charge is 0.463 e. The zero-order valence-corrected chi connectivity index (χ0v) is 9.40. The Bertz CT molecular complexity index is 448. The zero-order valence-electron chi connectivity index (χ0n) is 9.40. The smallest absolute Gasteiger partial charge is 0.374 e. The summed E-state index contributed by atoms with van der Waals surface area (Å²) >= 11 is 0. The average Bonchev–Trinajstić information content (AvgIpc) is 2.29. The summed E-state index contributed by atoms with van der Waals surface area (Å²) in [5, 5.41) is 0. The highest BCUT2D eigenvalue weighted by Crippen LogP contribution is 2.10. The molecule has 0 aliphatic rings. The second-order valence-corrected chi connectivity index (χ2v) is 3.15. The monoisotopic (exact) mass is 238 g/mol. The number of carbonyl (C=O) groups excluding carboxylic acids is 2. The standard InChI is InChI=1S/C12H11FO4/c1-8(14)17-11(12(15)16-2)7-9-3-5-10(13)6-4-9/h3-7H,1-2H3/b11-7-. The van der Waals surface area contributed by atoms with Gasteiger partial charge in [0.25, 0.3) is 0 Å². The third-order valence-corrected chi connectivity index (χ3v) is 1.81. The van der Waals surface area contributed by atoms with Crippen LogP contribution in [0.3, 0.4) is 0 Å². The van der Waals surface area contributed by atoms with Gasteiger partial charge in [-0.25, -0.2) is 9.18 Å². The highest BCUT2D eigenvalue weighted by Gasteiger charge is 2.13. The van der Waals surface area contributed by atoms with E-state index in [1.165, 1.54) is 44.4 Å². The molecule has 0 unspecified atom stereocenters. The first-order valence-corrected chi connectivity index (χ1v) is 4.77. The molecule has 0 aliphatic heterocycles. The molecule has 0 radical (unpaired) electrons. The normalized spacial score (nSPS) is 10.9. The molecule has 0 heterocycles. The molecule has 0 bridgehead atoms. The Morgan fingerprint density at radius 1 is 1.24 bits per heavy atom. The fourth-order valence-corrected chi connectivity index (χ4v) is 1.10. The Hall–Kier alpha value is -2.17. The van der Waals surface area contributed by atoms with Gasteiger partial charge in [-0.1, -0.05) is 12.1 Å². The zero-order chi connectivity index (χ0) is 12.8. The Kier molecular flexibility index (Phi) is 4.39. The molecule has 1 rings (SSSR count). The fraction of sp³-hybridized carbons (Fsp3) is 0.167. The molecular formula is C12H11FO4. The molecule has 0 fully saturated rings. The molecule has 0 aliphatic carbocycles. The fourth-order valence-electron chi connectivity index (χ4n) is 1.10. The van der Waals surface area contributed by atoms with E-state index in [9.17, 15) is 14.0 Å². The van der Waals surface area contributed by atoms with E-state index in [1.54, 1.807) is 0 Å². The third-order valence-electron chi connectivity index (χ3n) is 1.81. The van der Waals surface area contributed by atoms with Gasteiger partial charge in [-0.05, 0) is 23.8 Å². The number of carbonyl (C=O) groups is 2. The lowest BCUT2D eigenvalue weighted by molar-refractivity contribution is -0.148. The Morgan fingerprint density at radius 3 is 2.29 bits per heavy atom. The molecule has 0 aromatic heterocycles. The lowest BCUT2D eigenvalue weighted by Gasteiger charge is -2.04. The number of hydrogen-bond donors (Lipinski definition) is 0. The van der Waals surface area contributed by atoms with Crippen LogP contribution in [0.2, 0.25) is 0 Å². The van der Waals surface area contributed by atoms with Crippen LogP contribution >= 0.6 is 0 Å². The predicted molar refractivity (Wildman–Crippen MR) is 58.2 cm³/mol. The molecule has 0 N–H and O–H groups in total. The Morgan fingerprint density at radius 2 is 1.82 bits per heavy atom. The van der Waals surface area contributed by atoms with Crippen LogP contribution in [-0.4, -0.2) is 19.0 Å². The van der Waals surface area contributed by atoms with Crippen molar-refractivity contribution in [3.05, 3.63) is 41.4 Å². The Balaban J connectivity index is 3.00. The van der Waals surface area contributed by atoms with Crippen molar-refractivity contribution in [1.82, 2.24) is 0 Å². The van der Waals surface area contributed by atoms with E-state index in [0.29, 0.717) is 5.56 Å². The van der Waals surface area contributed by atoms with Gasteiger partial charge < -0.3 is 9.47 Å². The second-order valence-electron chi connectivity index (χ2n) is 3.15. The SMILES string of the molecule is COC(=O)/C(=C/c1ccc(F)cc1)OC(C)=O. The molecule has 5 heteroatoms. The average molecular weight is 238 g/mol. The van der Waals surface area contributed by atoms with Gasteiger partial charge in [0.1, 0.15) is 5.82 Å². The molecule has 90 valence electrons. The van der Waals surface area contributed by atoms with E-state index in [4.69, 9.17) is 4.74 Å². The lowest BCUT2D eigenvalue weighted by Crippen LogP contribution is -2.10. The van der Waals surface area contributed by atoms with Crippen molar-refractivity contribution < 1.29 is 23.5 Å². The van der Waals surface area contributed by atoms with Crippen molar-refractivity contribution in [3.8, 4) is 0 Å². The number of halogens is 1. The van der Waals surface area contributed by atoms with Gasteiger partial charge in [0.15, 0.2) is 0 Å². The molecule has 1 aromatic rings. The van der Waals surface area contributed by atoms with Crippen LogP contribution in [-0.2, 0) is 19.1 Å². The van der Waals surface area contributed by atoms with Gasteiger partial charge in [-0.15, -0.1) is 0 Å². The first kappa shape index (κ1) is 12.9. The highest BCUT2D eigenvalue weighted by molar-refractivity contribution is 5.93. The van der Waals surface area contributed by atoms with Gasteiger partial charge in [0.2, 0.25) is 5.76 Å². The summed E-state index contributed by atoms with van der Waals surface area (Å²) in [5.74, 6) is -2.05. The lowest BCUT2D eigenvalue weighted by atomic mass is 10.2. The minimum Gasteiger partial charge on any atom is -0.463 e. The summed E-state index contributed by atoms with van der Waals surface area (Å²) in [6.45, 7) is 1.17. The number of hydrogen-bond acceptors (Lipinski definition) is 4. The maximum atomic E-state index is 12.7. The van der Waals surface area contributed by atoms with Crippen LogP contribution in [0.4, 0.5) is 4.39 Å². The van der Waals surface area contributed by atoms with Gasteiger partial charge >= 0.3 is 11.9 Å². The van der Waals surface area contributed by atoms with E-state index >= 15 is 0 Å². The van der Waals surface area contributed by atoms with Crippen LogP contribution in [0.1, 0.15) is 12.5 Å². The van der Waals surface area contributed by atoms with E-state index in [1.807, 2.05) is 0 Å². The van der Waals surface area contributed by atoms with E-state index in [2.05, 4.69) is 4.74 Å². The summed E-state index contributed by atoms with van der Waals surface area (Å²) in [5.41, 5.74) is 0.521. The van der Waals surface area contributed by atoms with E-state index < -0.39 is 17.8 Å². The van der Waals surface area contributed by atoms with Crippen molar-refractivity contribution in [1.29, 1.82) is 0 Å². The number of esters is 2. The van der Waals surface area contributed by atoms with Crippen LogP contribution in [0, 0.1) is 5.82 Å². The predicted octanol–water partition coefficient (Wildman–Crippen LogP) is 1.90. The van der Waals surface area contributed by atoms with E-state index in [0.717, 1.165) is 0 Å². The van der Waals surface area contributed by atoms with Crippen molar-refractivity contribution in [2.45, 2.75) is 6.92 Å². The molecule has 0 saturated carbocycles. The minimum atomic E-state index is -0.774. The van der Waals surface area contributed by atoms with Crippen molar-refractivity contribution in [2.24, 2.45) is 0 Å². The van der Waals surface area contributed by atoms with Crippen LogP contribution < -0.4 is 0 Å². The molecule has 17 heavy (non-hydrogen) atoms. The van der Waals surface area contributed by atoms with Crippen LogP contribution in [0.5, 0.6) is 0 Å². The van der Waals surface area contributed by atoms with Gasteiger partial charge in [0.05, 0.1) is 7.11 Å². The third kappa shape index (κ3) is 4.06. The van der Waals surface area contributed by atoms with Crippen molar-refractivity contribution in [3.63, 3.8) is 0 Å². The highest BCUT2D eigenvalue weighted by atomic mass is 19.1. The molecule has 0 spiro atoms. The molecule has 0 amide bonds. The summed E-state index contributed by atoms with van der Waals surface area (Å²) < 4.78 is 21.8. The molecule has 4 nitrogen and oxygen atoms in total. The van der Waals surface area contributed by atoms with Gasteiger partial charge in [-0.3, -0.25) is 4.79 Å². The summed E-state index contributed by atoms with van der Waals surface area (Å²) in [6, 6.07) is 5.35. The second kappa shape index (κ2) is 5.79. The van der Waals surface area contributed by atoms with Gasteiger partial charge in [-0.2, -0.15) is 0 Å². The van der Waals surface area contributed by atoms with Crippen LogP contribution in [0.15, 0.2) is 30.0 Å². The van der Waals surface area contributed by atoms with Gasteiger partial charge in [0, 0.05) is 6.92 Å². The van der Waals surface area contributed by atoms with E-state index in [-0.39, 0.29) is 5.76 Å². The Labute approximate surface area is 97.6 Å². The maximum Gasteiger partial charge on any atom is 0.374 e. The summed E-state index contributed by atoms with van der Waals surface area (Å²) in [7, 11) is 1.17.